The van der Waals surface area contributed by atoms with Crippen LogP contribution >= 0.6 is 22.9 Å². The number of carbonyl (C=O) groups excluding carboxylic acids is 1. The molecule has 1 aliphatic rings. The summed E-state index contributed by atoms with van der Waals surface area (Å²) in [6.07, 6.45) is 1.75. The lowest BCUT2D eigenvalue weighted by atomic mass is 10.2. The smallest absolute Gasteiger partial charge is 0.264 e. The molecule has 1 aliphatic heterocycles. The number of nitrogens with zero attached hydrogens (tertiary/aromatic N) is 3. The van der Waals surface area contributed by atoms with Crippen LogP contribution in [0.1, 0.15) is 40.0 Å². The quantitative estimate of drug-likeness (QED) is 0.665. The van der Waals surface area contributed by atoms with Crippen LogP contribution in [0.2, 0.25) is 5.02 Å². The highest BCUT2D eigenvalue weighted by atomic mass is 35.5. The fraction of sp³-hybridized carbons (Fsp3) is 0.278. The predicted octanol–water partition coefficient (Wildman–Crippen LogP) is 4.74. The lowest BCUT2D eigenvalue weighted by Crippen LogP contribution is -2.30. The second kappa shape index (κ2) is 6.61. The van der Waals surface area contributed by atoms with E-state index >= 15 is 0 Å². The maximum Gasteiger partial charge on any atom is 0.264 e. The normalized spacial score (nSPS) is 17.2. The van der Waals surface area contributed by atoms with Crippen molar-refractivity contribution in [3.63, 3.8) is 0 Å². The van der Waals surface area contributed by atoms with Crippen molar-refractivity contribution >= 4 is 28.8 Å². The summed E-state index contributed by atoms with van der Waals surface area (Å²) < 4.78 is 5.48. The van der Waals surface area contributed by atoms with E-state index in [0.717, 1.165) is 28.8 Å². The van der Waals surface area contributed by atoms with Crippen molar-refractivity contribution in [3.05, 3.63) is 57.1 Å². The van der Waals surface area contributed by atoms with Crippen LogP contribution in [-0.2, 0) is 0 Å². The maximum atomic E-state index is 12.9. The van der Waals surface area contributed by atoms with Gasteiger partial charge in [-0.3, -0.25) is 4.79 Å². The van der Waals surface area contributed by atoms with Gasteiger partial charge >= 0.3 is 0 Å². The second-order valence-corrected chi connectivity index (χ2v) is 7.41. The van der Waals surface area contributed by atoms with Crippen LogP contribution in [0.4, 0.5) is 0 Å². The molecule has 3 aromatic rings. The van der Waals surface area contributed by atoms with Gasteiger partial charge in [-0.25, -0.2) is 0 Å². The summed E-state index contributed by atoms with van der Waals surface area (Å²) in [5.41, 5.74) is 1.80. The third-order valence-corrected chi connectivity index (χ3v) is 5.62. The summed E-state index contributed by atoms with van der Waals surface area (Å²) in [5.74, 6) is 1.01. The molecule has 0 spiro atoms. The van der Waals surface area contributed by atoms with E-state index in [9.17, 15) is 4.79 Å². The van der Waals surface area contributed by atoms with Gasteiger partial charge in [-0.15, -0.1) is 11.3 Å². The minimum absolute atomic E-state index is 0.0394. The molecule has 1 aromatic carbocycles. The molecule has 5 nitrogen and oxygen atoms in total. The first-order valence-electron chi connectivity index (χ1n) is 8.08. The second-order valence-electron chi connectivity index (χ2n) is 6.06. The predicted molar refractivity (Wildman–Crippen MR) is 96.8 cm³/mol. The molecular weight excluding hydrogens is 358 g/mol. The molecule has 2 aromatic heterocycles. The Bertz CT molecular complexity index is 920. The molecule has 0 bridgehead atoms. The Labute approximate surface area is 154 Å². The minimum atomic E-state index is -0.172. The van der Waals surface area contributed by atoms with Crippen molar-refractivity contribution in [1.82, 2.24) is 15.0 Å². The third kappa shape index (κ3) is 3.07. The number of benzene rings is 1. The molecule has 0 aliphatic carbocycles. The summed E-state index contributed by atoms with van der Waals surface area (Å²) in [7, 11) is 0. The number of rotatable bonds is 3. The molecule has 4 rings (SSSR count). The van der Waals surface area contributed by atoms with E-state index in [1.54, 1.807) is 12.1 Å². The topological polar surface area (TPSA) is 59.2 Å². The Morgan fingerprint density at radius 3 is 3.04 bits per heavy atom. The maximum absolute atomic E-state index is 12.9. The molecule has 1 fully saturated rings. The van der Waals surface area contributed by atoms with E-state index in [2.05, 4.69) is 10.1 Å². The van der Waals surface area contributed by atoms with Gasteiger partial charge in [-0.1, -0.05) is 28.9 Å². The van der Waals surface area contributed by atoms with E-state index in [1.165, 1.54) is 11.3 Å². The first-order valence-corrected chi connectivity index (χ1v) is 9.34. The van der Waals surface area contributed by atoms with Gasteiger partial charge in [0.25, 0.3) is 5.91 Å². The summed E-state index contributed by atoms with van der Waals surface area (Å²) in [4.78, 5) is 20.0. The summed E-state index contributed by atoms with van der Waals surface area (Å²) in [6, 6.07) is 9.11. The molecule has 128 valence electrons. The van der Waals surface area contributed by atoms with Gasteiger partial charge in [0.15, 0.2) is 0 Å². The standard InChI is InChI=1S/C18H16ClN3O2S/c1-11-7-9-25-15(11)18(23)22-8-3-6-14(22)17-20-16(21-24-17)12-4-2-5-13(19)10-12/h2,4-5,7,9-10,14H,3,6,8H2,1H3. The van der Waals surface area contributed by atoms with Crippen molar-refractivity contribution in [2.45, 2.75) is 25.8 Å². The molecule has 25 heavy (non-hydrogen) atoms. The molecule has 7 heteroatoms. The fourth-order valence-corrected chi connectivity index (χ4v) is 4.17. The van der Waals surface area contributed by atoms with Gasteiger partial charge in [0.1, 0.15) is 6.04 Å². The first kappa shape index (κ1) is 16.3. The van der Waals surface area contributed by atoms with Gasteiger partial charge in [0.2, 0.25) is 11.7 Å². The third-order valence-electron chi connectivity index (χ3n) is 4.38. The minimum Gasteiger partial charge on any atom is -0.337 e. The Kier molecular flexibility index (Phi) is 4.31. The lowest BCUT2D eigenvalue weighted by molar-refractivity contribution is 0.0714. The average Bonchev–Trinajstić information content (AvgIpc) is 3.34. The Morgan fingerprint density at radius 2 is 2.28 bits per heavy atom. The molecule has 1 atom stereocenters. The molecule has 0 N–H and O–H groups in total. The number of aryl methyl sites for hydroxylation is 1. The zero-order valence-electron chi connectivity index (χ0n) is 13.6. The van der Waals surface area contributed by atoms with Crippen molar-refractivity contribution in [1.29, 1.82) is 0 Å². The van der Waals surface area contributed by atoms with Gasteiger partial charge in [-0.2, -0.15) is 4.98 Å². The van der Waals surface area contributed by atoms with Crippen LogP contribution < -0.4 is 0 Å². The number of carbonyl (C=O) groups is 1. The van der Waals surface area contributed by atoms with E-state index in [4.69, 9.17) is 16.1 Å². The Balaban J connectivity index is 1.61. The zero-order valence-corrected chi connectivity index (χ0v) is 15.2. The molecule has 0 radical (unpaired) electrons. The summed E-state index contributed by atoms with van der Waals surface area (Å²) in [5, 5.41) is 6.63. The molecule has 1 saturated heterocycles. The van der Waals surface area contributed by atoms with Crippen LogP contribution in [0.15, 0.2) is 40.2 Å². The Morgan fingerprint density at radius 1 is 1.40 bits per heavy atom. The fourth-order valence-electron chi connectivity index (χ4n) is 3.10. The van der Waals surface area contributed by atoms with Crippen molar-refractivity contribution in [3.8, 4) is 11.4 Å². The van der Waals surface area contributed by atoms with Crippen molar-refractivity contribution in [2.24, 2.45) is 0 Å². The average molecular weight is 374 g/mol. The van der Waals surface area contributed by atoms with Gasteiger partial charge < -0.3 is 9.42 Å². The van der Waals surface area contributed by atoms with Crippen LogP contribution in [0, 0.1) is 6.92 Å². The highest BCUT2D eigenvalue weighted by Crippen LogP contribution is 2.34. The molecule has 0 saturated carbocycles. The van der Waals surface area contributed by atoms with Crippen LogP contribution in [0.25, 0.3) is 11.4 Å². The van der Waals surface area contributed by atoms with Crippen LogP contribution in [0.3, 0.4) is 0 Å². The van der Waals surface area contributed by atoms with Gasteiger partial charge in [0.05, 0.1) is 4.88 Å². The number of aromatic nitrogens is 2. The highest BCUT2D eigenvalue weighted by Gasteiger charge is 2.35. The molecular formula is C18H16ClN3O2S. The largest absolute Gasteiger partial charge is 0.337 e. The summed E-state index contributed by atoms with van der Waals surface area (Å²) in [6.45, 7) is 2.66. The van der Waals surface area contributed by atoms with E-state index < -0.39 is 0 Å². The van der Waals surface area contributed by atoms with Gasteiger partial charge in [-0.05, 0) is 48.9 Å². The zero-order chi connectivity index (χ0) is 17.4. The number of hydrogen-bond acceptors (Lipinski definition) is 5. The van der Waals surface area contributed by atoms with Crippen molar-refractivity contribution in [2.75, 3.05) is 6.54 Å². The van der Waals surface area contributed by atoms with Crippen molar-refractivity contribution < 1.29 is 9.32 Å². The van der Waals surface area contributed by atoms with E-state index in [-0.39, 0.29) is 11.9 Å². The Hall–Kier alpha value is -2.18. The molecule has 1 amide bonds. The number of halogens is 1. The number of amides is 1. The SMILES string of the molecule is Cc1ccsc1C(=O)N1CCCC1c1nc(-c2cccc(Cl)c2)no1. The van der Waals surface area contributed by atoms with Crippen LogP contribution in [-0.4, -0.2) is 27.5 Å². The monoisotopic (exact) mass is 373 g/mol. The van der Waals surface area contributed by atoms with Gasteiger partial charge in [0, 0.05) is 17.1 Å². The van der Waals surface area contributed by atoms with E-state index in [0.29, 0.717) is 23.3 Å². The number of hydrogen-bond donors (Lipinski definition) is 0. The first-order chi connectivity index (χ1) is 12.1. The number of likely N-dealkylation sites (tertiary alicyclic amines) is 1. The van der Waals surface area contributed by atoms with E-state index in [1.807, 2.05) is 35.4 Å². The molecule has 3 heterocycles. The number of thiophene rings is 1. The van der Waals surface area contributed by atoms with Crippen LogP contribution in [0.5, 0.6) is 0 Å². The summed E-state index contributed by atoms with van der Waals surface area (Å²) >= 11 is 7.50. The molecule has 1 unspecified atom stereocenters. The lowest BCUT2D eigenvalue weighted by Gasteiger charge is -2.21. The highest BCUT2D eigenvalue weighted by molar-refractivity contribution is 7.12.